The first-order chi connectivity index (χ1) is 14.8. The number of nitrogens with one attached hydrogen (secondary N) is 1. The van der Waals surface area contributed by atoms with Gasteiger partial charge in [-0.1, -0.05) is 0 Å². The van der Waals surface area contributed by atoms with E-state index in [1.54, 1.807) is 31.5 Å². The SMILES string of the molecule is COCCN(CCOC)C(=O)c1ncc(C)s1.Cc1cnc(C(=O)NCCN(C)C)s1. The number of carbonyl (C=O) groups excluding carboxylic acids is 2. The van der Waals surface area contributed by atoms with E-state index in [1.165, 1.54) is 22.7 Å². The Labute approximate surface area is 192 Å². The molecule has 2 amide bonds. The maximum Gasteiger partial charge on any atom is 0.282 e. The van der Waals surface area contributed by atoms with Crippen LogP contribution in [0.2, 0.25) is 0 Å². The predicted octanol–water partition coefficient (Wildman–Crippen LogP) is 1.93. The summed E-state index contributed by atoms with van der Waals surface area (Å²) in [6, 6.07) is 0. The first-order valence-corrected chi connectivity index (χ1v) is 11.5. The summed E-state index contributed by atoms with van der Waals surface area (Å²) in [7, 11) is 7.18. The molecule has 0 atom stereocenters. The quantitative estimate of drug-likeness (QED) is 0.535. The van der Waals surface area contributed by atoms with Crippen molar-refractivity contribution in [2.24, 2.45) is 0 Å². The summed E-state index contributed by atoms with van der Waals surface area (Å²) in [5.74, 6) is -0.137. The predicted molar refractivity (Wildman–Crippen MR) is 124 cm³/mol. The van der Waals surface area contributed by atoms with Crippen molar-refractivity contribution < 1.29 is 19.1 Å². The van der Waals surface area contributed by atoms with Crippen LogP contribution in [0.25, 0.3) is 0 Å². The molecule has 2 aromatic rings. The summed E-state index contributed by atoms with van der Waals surface area (Å²) in [6.07, 6.45) is 3.42. The highest BCUT2D eigenvalue weighted by Crippen LogP contribution is 2.13. The lowest BCUT2D eigenvalue weighted by Gasteiger charge is -2.20. The van der Waals surface area contributed by atoms with E-state index in [0.717, 1.165) is 16.3 Å². The standard InChI is InChI=1S/C11H18N2O3S.C9H15N3OS/c1-9-8-12-10(17-9)11(14)13(4-6-15-2)5-7-16-3;1-7-6-11-9(14-7)8(13)10-4-5-12(2)3/h8H,4-7H2,1-3H3;6H,4-5H2,1-3H3,(H,10,13). The van der Waals surface area contributed by atoms with Crippen LogP contribution in [0.5, 0.6) is 0 Å². The molecule has 0 radical (unpaired) electrons. The van der Waals surface area contributed by atoms with Gasteiger partial charge >= 0.3 is 0 Å². The lowest BCUT2D eigenvalue weighted by molar-refractivity contribution is 0.0627. The van der Waals surface area contributed by atoms with Gasteiger partial charge in [0.25, 0.3) is 11.8 Å². The largest absolute Gasteiger partial charge is 0.383 e. The van der Waals surface area contributed by atoms with E-state index in [1.807, 2.05) is 32.8 Å². The zero-order valence-corrected chi connectivity index (χ0v) is 20.8. The normalized spacial score (nSPS) is 10.5. The molecule has 9 nitrogen and oxygen atoms in total. The summed E-state index contributed by atoms with van der Waals surface area (Å²) < 4.78 is 9.98. The Bertz CT molecular complexity index is 786. The number of likely N-dealkylation sites (N-methyl/N-ethyl adjacent to an activating group) is 1. The van der Waals surface area contributed by atoms with Gasteiger partial charge in [-0.2, -0.15) is 0 Å². The Morgan fingerprint density at radius 2 is 1.45 bits per heavy atom. The van der Waals surface area contributed by atoms with Crippen molar-refractivity contribution in [2.45, 2.75) is 13.8 Å². The number of amides is 2. The van der Waals surface area contributed by atoms with Crippen LogP contribution in [0.3, 0.4) is 0 Å². The molecule has 174 valence electrons. The Morgan fingerprint density at radius 3 is 1.87 bits per heavy atom. The van der Waals surface area contributed by atoms with Crippen LogP contribution in [-0.4, -0.2) is 99.3 Å². The number of hydrogen-bond donors (Lipinski definition) is 1. The molecular formula is C20H33N5O4S2. The van der Waals surface area contributed by atoms with Gasteiger partial charge in [0.05, 0.1) is 13.2 Å². The Hall–Kier alpha value is -1.92. The molecule has 0 fully saturated rings. The van der Waals surface area contributed by atoms with Crippen LogP contribution in [-0.2, 0) is 9.47 Å². The van der Waals surface area contributed by atoms with Gasteiger partial charge in [0.2, 0.25) is 0 Å². The fourth-order valence-electron chi connectivity index (χ4n) is 2.24. The Balaban J connectivity index is 0.000000316. The lowest BCUT2D eigenvalue weighted by Crippen LogP contribution is -2.36. The van der Waals surface area contributed by atoms with E-state index in [-0.39, 0.29) is 11.8 Å². The number of rotatable bonds is 11. The van der Waals surface area contributed by atoms with Crippen LogP contribution >= 0.6 is 22.7 Å². The lowest BCUT2D eigenvalue weighted by atomic mass is 10.4. The third kappa shape index (κ3) is 10.8. The number of ether oxygens (including phenoxy) is 2. The molecule has 0 spiro atoms. The van der Waals surface area contributed by atoms with E-state index < -0.39 is 0 Å². The smallest absolute Gasteiger partial charge is 0.282 e. The number of nitrogens with zero attached hydrogens (tertiary/aromatic N) is 4. The molecule has 0 saturated heterocycles. The molecule has 1 N–H and O–H groups in total. The topological polar surface area (TPSA) is 96.9 Å². The Morgan fingerprint density at radius 1 is 0.935 bits per heavy atom. The minimum Gasteiger partial charge on any atom is -0.383 e. The van der Waals surface area contributed by atoms with Gasteiger partial charge < -0.3 is 24.6 Å². The van der Waals surface area contributed by atoms with Crippen molar-refractivity contribution >= 4 is 34.5 Å². The molecular weight excluding hydrogens is 438 g/mol. The summed E-state index contributed by atoms with van der Waals surface area (Å²) in [5, 5.41) is 3.88. The van der Waals surface area contributed by atoms with Gasteiger partial charge in [0.1, 0.15) is 0 Å². The van der Waals surface area contributed by atoms with Crippen molar-refractivity contribution in [2.75, 3.05) is 67.7 Å². The molecule has 2 aromatic heterocycles. The van der Waals surface area contributed by atoms with Crippen LogP contribution in [0, 0.1) is 13.8 Å². The summed E-state index contributed by atoms with van der Waals surface area (Å²) >= 11 is 2.83. The number of aryl methyl sites for hydroxylation is 2. The number of carbonyl (C=O) groups is 2. The summed E-state index contributed by atoms with van der Waals surface area (Å²) in [6.45, 7) is 7.51. The molecule has 2 heterocycles. The van der Waals surface area contributed by atoms with Crippen molar-refractivity contribution in [3.63, 3.8) is 0 Å². The fourth-order valence-corrected chi connectivity index (χ4v) is 3.65. The van der Waals surface area contributed by atoms with Gasteiger partial charge in [0, 0.05) is 62.5 Å². The first kappa shape index (κ1) is 27.1. The van der Waals surface area contributed by atoms with Crippen molar-refractivity contribution in [3.05, 3.63) is 32.2 Å². The molecule has 0 aliphatic heterocycles. The molecule has 2 rings (SSSR count). The molecule has 11 heteroatoms. The third-order valence-corrected chi connectivity index (χ3v) is 5.69. The van der Waals surface area contributed by atoms with Crippen LogP contribution in [0.1, 0.15) is 29.4 Å². The highest BCUT2D eigenvalue weighted by molar-refractivity contribution is 7.13. The molecule has 0 aliphatic carbocycles. The monoisotopic (exact) mass is 471 g/mol. The number of thiazole rings is 2. The molecule has 0 aromatic carbocycles. The second kappa shape index (κ2) is 15.0. The summed E-state index contributed by atoms with van der Waals surface area (Å²) in [5.41, 5.74) is 0. The van der Waals surface area contributed by atoms with Crippen LogP contribution in [0.15, 0.2) is 12.4 Å². The second-order valence-corrected chi connectivity index (χ2v) is 9.36. The summed E-state index contributed by atoms with van der Waals surface area (Å²) in [4.78, 5) is 37.5. The average Bonchev–Trinajstić information content (AvgIpc) is 3.36. The highest BCUT2D eigenvalue weighted by Gasteiger charge is 2.18. The van der Waals surface area contributed by atoms with Gasteiger partial charge in [-0.05, 0) is 27.9 Å². The minimum atomic E-state index is -0.0787. The average molecular weight is 472 g/mol. The zero-order chi connectivity index (χ0) is 23.2. The molecule has 0 unspecified atom stereocenters. The van der Waals surface area contributed by atoms with Crippen molar-refractivity contribution in [3.8, 4) is 0 Å². The molecule has 0 aliphatic rings. The van der Waals surface area contributed by atoms with E-state index in [2.05, 4.69) is 15.3 Å². The first-order valence-electron chi connectivity index (χ1n) is 9.83. The van der Waals surface area contributed by atoms with E-state index in [9.17, 15) is 9.59 Å². The van der Waals surface area contributed by atoms with Gasteiger partial charge in [-0.3, -0.25) is 9.59 Å². The molecule has 31 heavy (non-hydrogen) atoms. The number of methoxy groups -OCH3 is 2. The van der Waals surface area contributed by atoms with Crippen LogP contribution in [0.4, 0.5) is 0 Å². The highest BCUT2D eigenvalue weighted by atomic mass is 32.1. The maximum atomic E-state index is 12.1. The van der Waals surface area contributed by atoms with E-state index in [0.29, 0.717) is 42.9 Å². The fraction of sp³-hybridized carbons (Fsp3) is 0.600. The number of hydrogen-bond acceptors (Lipinski definition) is 9. The van der Waals surface area contributed by atoms with Crippen molar-refractivity contribution in [1.29, 1.82) is 0 Å². The van der Waals surface area contributed by atoms with E-state index >= 15 is 0 Å². The molecule has 0 saturated carbocycles. The van der Waals surface area contributed by atoms with E-state index in [4.69, 9.17) is 9.47 Å². The van der Waals surface area contributed by atoms with Crippen molar-refractivity contribution in [1.82, 2.24) is 25.1 Å². The second-order valence-electron chi connectivity index (χ2n) is 6.89. The Kier molecular flexibility index (Phi) is 13.1. The third-order valence-electron chi connectivity index (χ3n) is 3.88. The zero-order valence-electron chi connectivity index (χ0n) is 19.1. The minimum absolute atomic E-state index is 0.0581. The van der Waals surface area contributed by atoms with Gasteiger partial charge in [0.15, 0.2) is 10.0 Å². The molecule has 0 bridgehead atoms. The van der Waals surface area contributed by atoms with Crippen LogP contribution < -0.4 is 5.32 Å². The van der Waals surface area contributed by atoms with Gasteiger partial charge in [-0.15, -0.1) is 22.7 Å². The van der Waals surface area contributed by atoms with Gasteiger partial charge in [-0.25, -0.2) is 9.97 Å². The maximum absolute atomic E-state index is 12.1. The number of aromatic nitrogens is 2.